The Bertz CT molecular complexity index is 2920. The molecule has 0 bridgehead atoms. The van der Waals surface area contributed by atoms with Crippen molar-refractivity contribution in [2.24, 2.45) is 34.0 Å². The lowest BCUT2D eigenvalue weighted by Crippen LogP contribution is -2.50. The summed E-state index contributed by atoms with van der Waals surface area (Å²) in [7, 11) is 21.2. The van der Waals surface area contributed by atoms with E-state index < -0.39 is 5.97 Å². The maximum atomic E-state index is 12.6. The Kier molecular flexibility index (Phi) is 45.1. The second-order valence-electron chi connectivity index (χ2n) is 39.9. The van der Waals surface area contributed by atoms with Crippen LogP contribution in [0.25, 0.3) is 0 Å². The smallest absolute Gasteiger partial charge is 0.311 e. The maximum absolute atomic E-state index is 12.6. The zero-order valence-electron chi connectivity index (χ0n) is 79.2. The summed E-state index contributed by atoms with van der Waals surface area (Å²) in [5, 5.41) is 8.94. The molecule has 0 radical (unpaired) electrons. The highest BCUT2D eigenvalue weighted by molar-refractivity contribution is 5.78. The van der Waals surface area contributed by atoms with Gasteiger partial charge in [0.15, 0.2) is 0 Å². The number of carbonyl (C=O) groups is 6. The van der Waals surface area contributed by atoms with Gasteiger partial charge in [-0.25, -0.2) is 0 Å². The fourth-order valence-electron chi connectivity index (χ4n) is 20.0. The number of rotatable bonds is 26. The van der Waals surface area contributed by atoms with Crippen LogP contribution in [0.4, 0.5) is 0 Å². The minimum absolute atomic E-state index is 0.00243. The molecule has 28 heteroatoms. The van der Waals surface area contributed by atoms with Gasteiger partial charge in [0.25, 0.3) is 0 Å². The average molecular weight is 1710 g/mol. The number of carbonyl (C=O) groups excluding carboxylic acids is 5. The third-order valence-corrected chi connectivity index (χ3v) is 29.6. The molecule has 0 saturated carbocycles. The summed E-state index contributed by atoms with van der Waals surface area (Å²) in [6.07, 6.45) is 26.3. The van der Waals surface area contributed by atoms with Crippen molar-refractivity contribution in [3.8, 4) is 0 Å². The van der Waals surface area contributed by atoms with Crippen molar-refractivity contribution in [3.63, 3.8) is 0 Å². The molecule has 13 saturated heterocycles. The number of unbranched alkanes of at least 4 members (excludes halogenated alkanes) is 1. The van der Waals surface area contributed by atoms with Crippen LogP contribution in [0.3, 0.4) is 0 Å². The SMILES string of the molecule is CCCCOC(=O)C1CCN(C2CCN(C)CC2)C1.CCOC(=O)C1CCN(C2CCN(C)CC2)C1.CN(C)CCCOC(=O)C1(C)CCN(C2CCN(C)CC2)CC1.CN(C)CCOC(=O)C1(C)CCN(C2CCN(C)CC2)CC1.CN1CCC(N2CCC(C(=O)O)C2)CC1.CN1CCC(N2CCC(C)(C(=O)OCCN3CCOCC3)CC2)CC1. The third-order valence-electron chi connectivity index (χ3n) is 29.6. The lowest BCUT2D eigenvalue weighted by molar-refractivity contribution is -0.159. The van der Waals surface area contributed by atoms with Gasteiger partial charge in [-0.05, 0) is 383 Å². The highest BCUT2D eigenvalue weighted by Crippen LogP contribution is 2.38. The molecule has 3 atom stereocenters. The summed E-state index contributed by atoms with van der Waals surface area (Å²) in [5.74, 6) is -0.451. The molecule has 13 aliphatic heterocycles. The molecule has 0 aromatic heterocycles. The van der Waals surface area contributed by atoms with Crippen LogP contribution in [0.15, 0.2) is 0 Å². The Balaban J connectivity index is 0.000000182. The van der Waals surface area contributed by atoms with E-state index in [2.05, 4.69) is 139 Å². The number of piperidine rings is 9. The topological polar surface area (TPSA) is 227 Å². The van der Waals surface area contributed by atoms with Gasteiger partial charge >= 0.3 is 35.8 Å². The predicted molar refractivity (Wildman–Crippen MR) is 481 cm³/mol. The first-order valence-corrected chi connectivity index (χ1v) is 48.2. The minimum Gasteiger partial charge on any atom is -0.481 e. The number of carboxylic acid groups (broad SMARTS) is 1. The number of hydrogen-bond donors (Lipinski definition) is 1. The van der Waals surface area contributed by atoms with Gasteiger partial charge in [-0.2, -0.15) is 0 Å². The minimum atomic E-state index is -0.620. The number of nitrogens with zero attached hydrogens (tertiary/aromatic N) is 15. The molecule has 0 spiro atoms. The zero-order chi connectivity index (χ0) is 87.5. The van der Waals surface area contributed by atoms with Crippen LogP contribution in [0, 0.1) is 34.0 Å². The number of likely N-dealkylation sites (tertiary alicyclic amines) is 12. The molecule has 0 aromatic rings. The molecule has 700 valence electrons. The Morgan fingerprint density at radius 3 is 0.934 bits per heavy atom. The van der Waals surface area contributed by atoms with Gasteiger partial charge in [0.1, 0.15) is 13.2 Å². The first-order chi connectivity index (χ1) is 57.9. The quantitative estimate of drug-likeness (QED) is 0.0512. The fourth-order valence-corrected chi connectivity index (χ4v) is 20.0. The Morgan fingerprint density at radius 2 is 0.628 bits per heavy atom. The van der Waals surface area contributed by atoms with Crippen LogP contribution in [0.2, 0.25) is 0 Å². The van der Waals surface area contributed by atoms with E-state index in [1.54, 1.807) is 0 Å². The Morgan fingerprint density at radius 1 is 0.339 bits per heavy atom. The van der Waals surface area contributed by atoms with Gasteiger partial charge in [-0.3, -0.25) is 48.4 Å². The number of ether oxygens (including phenoxy) is 6. The van der Waals surface area contributed by atoms with E-state index in [0.29, 0.717) is 69.3 Å². The second-order valence-corrected chi connectivity index (χ2v) is 39.9. The number of esters is 5. The van der Waals surface area contributed by atoms with E-state index in [1.165, 1.54) is 142 Å². The maximum Gasteiger partial charge on any atom is 0.311 e. The number of likely N-dealkylation sites (N-methyl/N-ethyl adjacent to an activating group) is 1. The van der Waals surface area contributed by atoms with Crippen molar-refractivity contribution in [1.29, 1.82) is 0 Å². The van der Waals surface area contributed by atoms with Crippen molar-refractivity contribution in [2.45, 2.75) is 225 Å². The fraction of sp³-hybridized carbons (Fsp3) is 0.935. The molecule has 13 aliphatic rings. The molecule has 0 aliphatic carbocycles. The van der Waals surface area contributed by atoms with E-state index >= 15 is 0 Å². The lowest BCUT2D eigenvalue weighted by atomic mass is 9.79. The number of morpholine rings is 1. The zero-order valence-corrected chi connectivity index (χ0v) is 79.2. The van der Waals surface area contributed by atoms with E-state index in [4.69, 9.17) is 33.5 Å². The van der Waals surface area contributed by atoms with Gasteiger partial charge in [-0.1, -0.05) is 13.3 Å². The van der Waals surface area contributed by atoms with Crippen LogP contribution >= 0.6 is 0 Å². The summed E-state index contributed by atoms with van der Waals surface area (Å²) in [5.41, 5.74) is -0.860. The largest absolute Gasteiger partial charge is 0.481 e. The summed E-state index contributed by atoms with van der Waals surface area (Å²) >= 11 is 0. The Labute approximate surface area is 733 Å². The van der Waals surface area contributed by atoms with Gasteiger partial charge in [0.05, 0.1) is 67.0 Å². The van der Waals surface area contributed by atoms with Crippen molar-refractivity contribution < 1.29 is 62.3 Å². The molecule has 13 fully saturated rings. The summed E-state index contributed by atoms with van der Waals surface area (Å²) in [6, 6.07) is 4.14. The molecule has 0 aromatic carbocycles. The molecule has 13 heterocycles. The summed E-state index contributed by atoms with van der Waals surface area (Å²) in [6.45, 7) is 45.1. The molecule has 0 amide bonds. The summed E-state index contributed by atoms with van der Waals surface area (Å²) in [4.78, 5) is 108. The number of aliphatic carboxylic acids is 1. The van der Waals surface area contributed by atoms with E-state index in [0.717, 1.165) is 215 Å². The molecular weight excluding hydrogens is 1540 g/mol. The lowest BCUT2D eigenvalue weighted by Gasteiger charge is -2.43. The standard InChI is InChI=1S/C19H35N3O3.C18H35N3O2.C17H33N3O2.C15H28N2O2.C13H24N2O2.C11H20N2O2/c1-19(18(23)25-16-13-21-11-14-24-15-12-21)5-9-22(10-6-19)17-3-7-20(2)8-4-17;1-18(17(22)23-15-5-10-19(2)3)8-13-21(14-9-18)16-6-11-20(4)12-7-16;1-17(16(21)22-14-13-18(2)3)7-11-20(12-8-17)15-5-9-19(4)10-6-15;1-3-4-11-19-15(18)13-5-10-17(12-13)14-6-8-16(2)9-7-14;1-3-17-13(16)11-4-9-15(10-11)12-5-7-14(2)8-6-12;1-12-5-3-10(4-6-12)13-7-2-9(8-13)11(14)15/h17H,3-16H2,1-2H3;16H,5-15H2,1-4H3;15H,5-14H2,1-4H3;13-14H,3-12H2,1-2H3;11-12H,3-10H2,1-2H3;9-10H,2-8H2,1H3,(H,14,15). The van der Waals surface area contributed by atoms with Crippen molar-refractivity contribution in [1.82, 2.24) is 73.5 Å². The van der Waals surface area contributed by atoms with Gasteiger partial charge in [0.2, 0.25) is 0 Å². The van der Waals surface area contributed by atoms with Gasteiger partial charge < -0.3 is 87.4 Å². The highest BCUT2D eigenvalue weighted by atomic mass is 16.6. The average Bonchev–Trinajstić information content (AvgIpc) is 1.72. The molecule has 3 unspecified atom stereocenters. The molecule has 13 rings (SSSR count). The predicted octanol–water partition coefficient (Wildman–Crippen LogP) is 7.22. The van der Waals surface area contributed by atoms with Crippen molar-refractivity contribution in [3.05, 3.63) is 0 Å². The van der Waals surface area contributed by atoms with Crippen LogP contribution in [0.1, 0.15) is 189 Å². The van der Waals surface area contributed by atoms with Gasteiger partial charge in [0, 0.05) is 88.6 Å². The first-order valence-electron chi connectivity index (χ1n) is 48.2. The van der Waals surface area contributed by atoms with E-state index in [9.17, 15) is 28.8 Å². The van der Waals surface area contributed by atoms with E-state index in [1.807, 2.05) is 40.0 Å². The third kappa shape index (κ3) is 34.9. The van der Waals surface area contributed by atoms with Crippen LogP contribution in [-0.4, -0.2) is 457 Å². The van der Waals surface area contributed by atoms with Crippen LogP contribution in [-0.2, 0) is 57.2 Å². The van der Waals surface area contributed by atoms with Gasteiger partial charge in [-0.15, -0.1) is 0 Å². The molecule has 28 nitrogen and oxygen atoms in total. The normalized spacial score (nSPS) is 26.7. The Hall–Kier alpha value is -3.82. The monoisotopic (exact) mass is 1710 g/mol. The summed E-state index contributed by atoms with van der Waals surface area (Å²) < 4.78 is 32.5. The van der Waals surface area contributed by atoms with Crippen LogP contribution < -0.4 is 0 Å². The van der Waals surface area contributed by atoms with Crippen LogP contribution in [0.5, 0.6) is 0 Å². The number of carboxylic acids is 1. The highest BCUT2D eigenvalue weighted by Gasteiger charge is 2.45. The molecule has 121 heavy (non-hydrogen) atoms. The molecular formula is C93H175N15O13. The van der Waals surface area contributed by atoms with Crippen molar-refractivity contribution in [2.75, 3.05) is 307 Å². The van der Waals surface area contributed by atoms with E-state index in [-0.39, 0.29) is 63.8 Å². The first kappa shape index (κ1) is 103. The second kappa shape index (κ2) is 53.2. The van der Waals surface area contributed by atoms with Crippen molar-refractivity contribution >= 4 is 35.8 Å². The molecule has 1 N–H and O–H groups in total. The number of hydrogen-bond acceptors (Lipinski definition) is 27.